The molecular formula is C13H19NO6. The molecule has 0 unspecified atom stereocenters. The lowest BCUT2D eigenvalue weighted by molar-refractivity contribution is -0.277. The topological polar surface area (TPSA) is 125 Å². The molecule has 6 N–H and O–H groups in total. The zero-order valence-electron chi connectivity index (χ0n) is 10.8. The van der Waals surface area contributed by atoms with E-state index in [9.17, 15) is 15.3 Å². The Balaban J connectivity index is 2.15. The van der Waals surface area contributed by atoms with Crippen molar-refractivity contribution in [1.82, 2.24) is 0 Å². The third kappa shape index (κ3) is 2.93. The Morgan fingerprint density at radius 2 is 1.80 bits per heavy atom. The maximum Gasteiger partial charge on any atom is 0.229 e. The van der Waals surface area contributed by atoms with Crippen LogP contribution in [0, 0.1) is 0 Å². The van der Waals surface area contributed by atoms with Gasteiger partial charge in [0.25, 0.3) is 0 Å². The predicted molar refractivity (Wildman–Crippen MR) is 68.7 cm³/mol. The number of aliphatic hydroxyl groups is 4. The highest BCUT2D eigenvalue weighted by Gasteiger charge is 2.44. The highest BCUT2D eigenvalue weighted by molar-refractivity contribution is 5.33. The van der Waals surface area contributed by atoms with Gasteiger partial charge in [-0.1, -0.05) is 18.2 Å². The summed E-state index contributed by atoms with van der Waals surface area (Å²) in [6.07, 6.45) is -6.49. The quantitative estimate of drug-likeness (QED) is 0.447. The fourth-order valence-electron chi connectivity index (χ4n) is 2.08. The van der Waals surface area contributed by atoms with E-state index in [1.807, 2.05) is 0 Å². The minimum absolute atomic E-state index is 0.244. The van der Waals surface area contributed by atoms with Crippen LogP contribution in [-0.4, -0.2) is 57.7 Å². The lowest BCUT2D eigenvalue weighted by atomic mass is 9.99. The standard InChI is InChI=1S/C13H19NO6/c14-5-7-3-1-2-4-8(7)19-13-12(18)11(17)10(16)9(6-15)20-13/h1-4,9-13,15-18H,5-6,14H2/t9-,10-,11+,12+,13+/m1/s1. The van der Waals surface area contributed by atoms with Gasteiger partial charge in [-0.25, -0.2) is 0 Å². The van der Waals surface area contributed by atoms with Crippen molar-refractivity contribution in [2.75, 3.05) is 6.61 Å². The summed E-state index contributed by atoms with van der Waals surface area (Å²) in [7, 11) is 0. The van der Waals surface area contributed by atoms with Crippen LogP contribution in [0.5, 0.6) is 5.75 Å². The fraction of sp³-hybridized carbons (Fsp3) is 0.538. The molecule has 0 aromatic heterocycles. The molecule has 1 aromatic rings. The number of hydrogen-bond acceptors (Lipinski definition) is 7. The molecule has 0 aliphatic carbocycles. The summed E-state index contributed by atoms with van der Waals surface area (Å²) in [5.74, 6) is 0.416. The molecule has 1 aliphatic rings. The number of aliphatic hydroxyl groups excluding tert-OH is 4. The molecule has 7 heteroatoms. The van der Waals surface area contributed by atoms with Gasteiger partial charge >= 0.3 is 0 Å². The van der Waals surface area contributed by atoms with E-state index in [0.717, 1.165) is 0 Å². The molecule has 1 saturated heterocycles. The predicted octanol–water partition coefficient (Wildman–Crippen LogP) is -1.68. The third-order valence-corrected chi connectivity index (χ3v) is 3.28. The molecule has 1 aliphatic heterocycles. The summed E-state index contributed by atoms with van der Waals surface area (Å²) in [5, 5.41) is 38.3. The molecule has 1 aromatic carbocycles. The molecule has 5 atom stereocenters. The van der Waals surface area contributed by atoms with Gasteiger partial charge in [-0.3, -0.25) is 0 Å². The van der Waals surface area contributed by atoms with Crippen LogP contribution in [0.1, 0.15) is 5.56 Å². The Bertz CT molecular complexity index is 441. The van der Waals surface area contributed by atoms with Gasteiger partial charge < -0.3 is 35.6 Å². The maximum atomic E-state index is 9.87. The van der Waals surface area contributed by atoms with Crippen LogP contribution in [0.4, 0.5) is 0 Å². The van der Waals surface area contributed by atoms with E-state index in [0.29, 0.717) is 11.3 Å². The van der Waals surface area contributed by atoms with Crippen molar-refractivity contribution in [2.45, 2.75) is 37.3 Å². The highest BCUT2D eigenvalue weighted by Crippen LogP contribution is 2.26. The van der Waals surface area contributed by atoms with Gasteiger partial charge in [0.2, 0.25) is 6.29 Å². The number of hydrogen-bond donors (Lipinski definition) is 5. The average molecular weight is 285 g/mol. The van der Waals surface area contributed by atoms with E-state index in [4.69, 9.17) is 20.3 Å². The Morgan fingerprint density at radius 3 is 2.45 bits per heavy atom. The smallest absolute Gasteiger partial charge is 0.229 e. The van der Waals surface area contributed by atoms with Crippen LogP contribution in [0.2, 0.25) is 0 Å². The van der Waals surface area contributed by atoms with Crippen LogP contribution >= 0.6 is 0 Å². The summed E-state index contributed by atoms with van der Waals surface area (Å²) in [6.45, 7) is -0.253. The Morgan fingerprint density at radius 1 is 1.10 bits per heavy atom. The second-order valence-corrected chi connectivity index (χ2v) is 4.63. The van der Waals surface area contributed by atoms with Gasteiger partial charge in [-0.15, -0.1) is 0 Å². The first-order chi connectivity index (χ1) is 9.58. The highest BCUT2D eigenvalue weighted by atomic mass is 16.7. The number of benzene rings is 1. The maximum absolute atomic E-state index is 9.87. The fourth-order valence-corrected chi connectivity index (χ4v) is 2.08. The Labute approximate surface area is 116 Å². The minimum atomic E-state index is -1.46. The summed E-state index contributed by atoms with van der Waals surface area (Å²) in [5.41, 5.74) is 6.29. The number of nitrogens with two attached hydrogens (primary N) is 1. The van der Waals surface area contributed by atoms with Gasteiger partial charge in [-0.2, -0.15) is 0 Å². The van der Waals surface area contributed by atoms with Crippen LogP contribution < -0.4 is 10.5 Å². The first-order valence-electron chi connectivity index (χ1n) is 6.33. The summed E-state index contributed by atoms with van der Waals surface area (Å²) < 4.78 is 10.8. The van der Waals surface area contributed by atoms with E-state index in [1.54, 1.807) is 24.3 Å². The molecule has 20 heavy (non-hydrogen) atoms. The van der Waals surface area contributed by atoms with Crippen LogP contribution in [0.15, 0.2) is 24.3 Å². The van der Waals surface area contributed by atoms with Crippen LogP contribution in [-0.2, 0) is 11.3 Å². The van der Waals surface area contributed by atoms with Crippen molar-refractivity contribution in [3.63, 3.8) is 0 Å². The van der Waals surface area contributed by atoms with Crippen LogP contribution in [0.3, 0.4) is 0 Å². The van der Waals surface area contributed by atoms with Gasteiger partial charge in [0, 0.05) is 12.1 Å². The average Bonchev–Trinajstić information content (AvgIpc) is 2.48. The molecule has 1 fully saturated rings. The summed E-state index contributed by atoms with van der Waals surface area (Å²) in [4.78, 5) is 0. The molecule has 0 amide bonds. The van der Waals surface area contributed by atoms with Crippen molar-refractivity contribution >= 4 is 0 Å². The van der Waals surface area contributed by atoms with Crippen molar-refractivity contribution in [3.05, 3.63) is 29.8 Å². The number of rotatable bonds is 4. The molecule has 0 bridgehead atoms. The summed E-state index contributed by atoms with van der Waals surface area (Å²) in [6, 6.07) is 6.95. The van der Waals surface area contributed by atoms with Gasteiger partial charge in [0.1, 0.15) is 30.2 Å². The zero-order valence-corrected chi connectivity index (χ0v) is 10.8. The monoisotopic (exact) mass is 285 g/mol. The van der Waals surface area contributed by atoms with Crippen LogP contribution in [0.25, 0.3) is 0 Å². The lowest BCUT2D eigenvalue weighted by Gasteiger charge is -2.39. The molecule has 0 saturated carbocycles. The molecule has 2 rings (SSSR count). The van der Waals surface area contributed by atoms with Gasteiger partial charge in [0.05, 0.1) is 6.61 Å². The summed E-state index contributed by atoms with van der Waals surface area (Å²) >= 11 is 0. The van der Waals surface area contributed by atoms with E-state index in [1.165, 1.54) is 0 Å². The first-order valence-corrected chi connectivity index (χ1v) is 6.33. The SMILES string of the molecule is NCc1ccccc1O[C@H]1O[C@H](CO)[C@@H](O)[C@H](O)[C@@H]1O. The van der Waals surface area contributed by atoms with Crippen molar-refractivity contribution in [2.24, 2.45) is 5.73 Å². The zero-order chi connectivity index (χ0) is 14.7. The molecule has 1 heterocycles. The largest absolute Gasteiger partial charge is 0.462 e. The van der Waals surface area contributed by atoms with E-state index in [-0.39, 0.29) is 6.54 Å². The number of ether oxygens (including phenoxy) is 2. The normalized spacial score (nSPS) is 34.0. The third-order valence-electron chi connectivity index (χ3n) is 3.28. The number of para-hydroxylation sites is 1. The van der Waals surface area contributed by atoms with Crippen molar-refractivity contribution in [3.8, 4) is 5.75 Å². The second kappa shape index (κ2) is 6.49. The second-order valence-electron chi connectivity index (χ2n) is 4.63. The minimum Gasteiger partial charge on any atom is -0.462 e. The van der Waals surface area contributed by atoms with E-state index >= 15 is 0 Å². The lowest BCUT2D eigenvalue weighted by Crippen LogP contribution is -2.60. The Kier molecular flexibility index (Phi) is 4.92. The molecule has 7 nitrogen and oxygen atoms in total. The van der Waals surface area contributed by atoms with Crippen molar-refractivity contribution < 1.29 is 29.9 Å². The molecular weight excluding hydrogens is 266 g/mol. The van der Waals surface area contributed by atoms with Gasteiger partial charge in [-0.05, 0) is 6.07 Å². The van der Waals surface area contributed by atoms with Crippen molar-refractivity contribution in [1.29, 1.82) is 0 Å². The van der Waals surface area contributed by atoms with E-state index < -0.39 is 37.3 Å². The molecule has 0 radical (unpaired) electrons. The van der Waals surface area contributed by atoms with E-state index in [2.05, 4.69) is 0 Å². The Hall–Kier alpha value is -1.22. The molecule has 112 valence electrons. The molecule has 0 spiro atoms. The van der Waals surface area contributed by atoms with Gasteiger partial charge in [0.15, 0.2) is 0 Å². The first kappa shape index (κ1) is 15.2.